The molecule has 0 aliphatic carbocycles. The molecule has 0 radical (unpaired) electrons. The number of piperazine rings is 1. The molecule has 27 heavy (non-hydrogen) atoms. The molecule has 0 saturated carbocycles. The van der Waals surface area contributed by atoms with E-state index in [0.717, 1.165) is 12.1 Å². The molecule has 1 N–H and O–H groups in total. The minimum atomic E-state index is -4.43. The van der Waals surface area contributed by atoms with Gasteiger partial charge in [0, 0.05) is 44.3 Å². The molecular weight excluding hydrogens is 383 g/mol. The van der Waals surface area contributed by atoms with E-state index in [4.69, 9.17) is 0 Å². The Labute approximate surface area is 160 Å². The van der Waals surface area contributed by atoms with Crippen LogP contribution < -0.4 is 10.2 Å². The fourth-order valence-electron chi connectivity index (χ4n) is 2.74. The summed E-state index contributed by atoms with van der Waals surface area (Å²) < 4.78 is 38.2. The van der Waals surface area contributed by atoms with Crippen LogP contribution in [0.15, 0.2) is 42.7 Å². The summed E-state index contributed by atoms with van der Waals surface area (Å²) in [6, 6.07) is 6.37. The highest BCUT2D eigenvalue weighted by Crippen LogP contribution is 2.30. The first-order valence-corrected chi connectivity index (χ1v) is 8.13. The lowest BCUT2D eigenvalue weighted by Crippen LogP contribution is -2.49. The Morgan fingerprint density at radius 2 is 1.74 bits per heavy atom. The minimum absolute atomic E-state index is 0. The van der Waals surface area contributed by atoms with Crippen LogP contribution in [0.4, 0.5) is 24.8 Å². The lowest BCUT2D eigenvalue weighted by atomic mass is 10.2. The summed E-state index contributed by atoms with van der Waals surface area (Å²) in [7, 11) is 0. The van der Waals surface area contributed by atoms with Crippen LogP contribution in [0.5, 0.6) is 0 Å². The summed E-state index contributed by atoms with van der Waals surface area (Å²) in [4.78, 5) is 24.5. The molecule has 0 atom stereocenters. The molecule has 10 heteroatoms. The maximum absolute atomic E-state index is 12.7. The molecule has 2 heterocycles. The number of alkyl halides is 3. The summed E-state index contributed by atoms with van der Waals surface area (Å²) in [5.74, 6) is 0.314. The smallest absolute Gasteiger partial charge is 0.338 e. The number of carbonyl (C=O) groups excluding carboxylic acids is 1. The average molecular weight is 402 g/mol. The maximum atomic E-state index is 12.7. The fourth-order valence-corrected chi connectivity index (χ4v) is 2.74. The number of rotatable bonds is 4. The second kappa shape index (κ2) is 9.01. The van der Waals surface area contributed by atoms with E-state index >= 15 is 0 Å². The number of hydrogen-bond donors (Lipinski definition) is 1. The SMILES string of the molecule is Cl.O=C(CN1CCN(c2ncccn2)CC1)Nc1cccc(C(F)(F)F)c1. The monoisotopic (exact) mass is 401 g/mol. The van der Waals surface area contributed by atoms with Gasteiger partial charge in [-0.05, 0) is 24.3 Å². The van der Waals surface area contributed by atoms with Crippen molar-refractivity contribution in [3.63, 3.8) is 0 Å². The van der Waals surface area contributed by atoms with E-state index in [2.05, 4.69) is 15.3 Å². The molecule has 146 valence electrons. The number of benzene rings is 1. The fraction of sp³-hybridized carbons (Fsp3) is 0.353. The van der Waals surface area contributed by atoms with Gasteiger partial charge in [-0.2, -0.15) is 13.2 Å². The third-order valence-corrected chi connectivity index (χ3v) is 4.05. The average Bonchev–Trinajstić information content (AvgIpc) is 2.62. The molecule has 1 aliphatic heterocycles. The predicted octanol–water partition coefficient (Wildman–Crippen LogP) is 2.68. The summed E-state index contributed by atoms with van der Waals surface area (Å²) in [6.07, 6.45) is -1.08. The van der Waals surface area contributed by atoms with Gasteiger partial charge in [0.1, 0.15) is 0 Å². The number of carbonyl (C=O) groups is 1. The number of aromatic nitrogens is 2. The Balaban J connectivity index is 0.00000261. The standard InChI is InChI=1S/C17H18F3N5O.ClH/c18-17(19,20)13-3-1-4-14(11-13)23-15(26)12-24-7-9-25(10-8-24)16-21-5-2-6-22-16;/h1-6,11H,7-10,12H2,(H,23,26);1H. The highest BCUT2D eigenvalue weighted by Gasteiger charge is 2.30. The number of hydrogen-bond acceptors (Lipinski definition) is 5. The van der Waals surface area contributed by atoms with Gasteiger partial charge in [-0.1, -0.05) is 6.07 Å². The van der Waals surface area contributed by atoms with Crippen LogP contribution in [0.1, 0.15) is 5.56 Å². The molecule has 1 saturated heterocycles. The van der Waals surface area contributed by atoms with E-state index < -0.39 is 11.7 Å². The molecule has 6 nitrogen and oxygen atoms in total. The summed E-state index contributed by atoms with van der Waals surface area (Å²) >= 11 is 0. The van der Waals surface area contributed by atoms with Crippen molar-refractivity contribution in [3.05, 3.63) is 48.3 Å². The quantitative estimate of drug-likeness (QED) is 0.853. The number of nitrogens with one attached hydrogen (secondary N) is 1. The first-order valence-electron chi connectivity index (χ1n) is 8.13. The Morgan fingerprint density at radius 1 is 1.07 bits per heavy atom. The number of anilines is 2. The first kappa shape index (κ1) is 20.9. The molecule has 1 fully saturated rings. The third kappa shape index (κ3) is 5.80. The van der Waals surface area contributed by atoms with Crippen LogP contribution in [0.2, 0.25) is 0 Å². The Hall–Kier alpha value is -2.39. The summed E-state index contributed by atoms with van der Waals surface area (Å²) in [5, 5.41) is 2.53. The third-order valence-electron chi connectivity index (χ3n) is 4.05. The van der Waals surface area contributed by atoms with E-state index in [1.54, 1.807) is 18.5 Å². The normalized spacial score (nSPS) is 15.1. The highest BCUT2D eigenvalue weighted by atomic mass is 35.5. The van der Waals surface area contributed by atoms with E-state index in [9.17, 15) is 18.0 Å². The van der Waals surface area contributed by atoms with Crippen LogP contribution in [0.3, 0.4) is 0 Å². The van der Waals surface area contributed by atoms with Crippen LogP contribution in [-0.4, -0.2) is 53.5 Å². The predicted molar refractivity (Wildman–Crippen MR) is 98.0 cm³/mol. The van der Waals surface area contributed by atoms with Gasteiger partial charge >= 0.3 is 6.18 Å². The molecule has 1 aromatic carbocycles. The summed E-state index contributed by atoms with van der Waals surface area (Å²) in [6.45, 7) is 2.78. The van der Waals surface area contributed by atoms with Crippen molar-refractivity contribution in [3.8, 4) is 0 Å². The van der Waals surface area contributed by atoms with Crippen molar-refractivity contribution in [2.75, 3.05) is 42.9 Å². The lowest BCUT2D eigenvalue weighted by molar-refractivity contribution is -0.137. The largest absolute Gasteiger partial charge is 0.416 e. The molecule has 3 rings (SSSR count). The van der Waals surface area contributed by atoms with E-state index in [1.807, 2.05) is 9.80 Å². The van der Waals surface area contributed by atoms with Gasteiger partial charge in [0.05, 0.1) is 12.1 Å². The Morgan fingerprint density at radius 3 is 2.37 bits per heavy atom. The molecule has 2 aromatic rings. The molecule has 1 amide bonds. The summed E-state index contributed by atoms with van der Waals surface area (Å²) in [5.41, 5.74) is -0.645. The van der Waals surface area contributed by atoms with Crippen molar-refractivity contribution in [2.45, 2.75) is 6.18 Å². The topological polar surface area (TPSA) is 61.4 Å². The zero-order chi connectivity index (χ0) is 18.6. The van der Waals surface area contributed by atoms with E-state index in [-0.39, 0.29) is 30.5 Å². The second-order valence-electron chi connectivity index (χ2n) is 5.94. The molecule has 0 unspecified atom stereocenters. The van der Waals surface area contributed by atoms with Crippen LogP contribution >= 0.6 is 12.4 Å². The molecular formula is C17H19ClF3N5O. The Bertz CT molecular complexity index is 752. The number of halogens is 4. The molecule has 0 spiro atoms. The highest BCUT2D eigenvalue weighted by molar-refractivity contribution is 5.92. The molecule has 1 aliphatic rings. The van der Waals surface area contributed by atoms with E-state index in [0.29, 0.717) is 32.1 Å². The zero-order valence-electron chi connectivity index (χ0n) is 14.3. The minimum Gasteiger partial charge on any atom is -0.338 e. The van der Waals surface area contributed by atoms with Crippen molar-refractivity contribution in [1.29, 1.82) is 0 Å². The van der Waals surface area contributed by atoms with Crippen molar-refractivity contribution < 1.29 is 18.0 Å². The first-order chi connectivity index (χ1) is 12.4. The van der Waals surface area contributed by atoms with Crippen LogP contribution in [0.25, 0.3) is 0 Å². The molecule has 0 bridgehead atoms. The van der Waals surface area contributed by atoms with Gasteiger partial charge in [-0.25, -0.2) is 9.97 Å². The lowest BCUT2D eigenvalue weighted by Gasteiger charge is -2.34. The van der Waals surface area contributed by atoms with E-state index in [1.165, 1.54) is 12.1 Å². The van der Waals surface area contributed by atoms with Gasteiger partial charge in [-0.15, -0.1) is 12.4 Å². The Kier molecular flexibility index (Phi) is 6.98. The van der Waals surface area contributed by atoms with Gasteiger partial charge in [0.25, 0.3) is 0 Å². The zero-order valence-corrected chi connectivity index (χ0v) is 15.1. The number of amides is 1. The van der Waals surface area contributed by atoms with Gasteiger partial charge in [-0.3, -0.25) is 9.69 Å². The van der Waals surface area contributed by atoms with Gasteiger partial charge in [0.2, 0.25) is 11.9 Å². The van der Waals surface area contributed by atoms with Crippen LogP contribution in [-0.2, 0) is 11.0 Å². The number of nitrogens with zero attached hydrogens (tertiary/aromatic N) is 4. The van der Waals surface area contributed by atoms with Crippen molar-refractivity contribution in [1.82, 2.24) is 14.9 Å². The van der Waals surface area contributed by atoms with Gasteiger partial charge < -0.3 is 10.2 Å². The van der Waals surface area contributed by atoms with Gasteiger partial charge in [0.15, 0.2) is 0 Å². The van der Waals surface area contributed by atoms with Crippen molar-refractivity contribution in [2.24, 2.45) is 0 Å². The van der Waals surface area contributed by atoms with Crippen molar-refractivity contribution >= 4 is 29.9 Å². The van der Waals surface area contributed by atoms with Crippen LogP contribution in [0, 0.1) is 0 Å². The second-order valence-corrected chi connectivity index (χ2v) is 5.94. The molecule has 1 aromatic heterocycles. The maximum Gasteiger partial charge on any atom is 0.416 e.